The van der Waals surface area contributed by atoms with Crippen molar-refractivity contribution in [2.24, 2.45) is 0 Å². The van der Waals surface area contributed by atoms with Crippen LogP contribution in [-0.4, -0.2) is 40.6 Å². The van der Waals surface area contributed by atoms with Crippen molar-refractivity contribution in [2.45, 2.75) is 63.4 Å². The van der Waals surface area contributed by atoms with Crippen molar-refractivity contribution >= 4 is 35.2 Å². The van der Waals surface area contributed by atoms with E-state index in [4.69, 9.17) is 11.6 Å². The lowest BCUT2D eigenvalue weighted by molar-refractivity contribution is -0.141. The van der Waals surface area contributed by atoms with E-state index >= 15 is 0 Å². The summed E-state index contributed by atoms with van der Waals surface area (Å²) in [4.78, 5) is 29.0. The van der Waals surface area contributed by atoms with Crippen LogP contribution in [0.15, 0.2) is 59.5 Å². The molecule has 6 heteroatoms. The number of hydrogen-bond donors (Lipinski definition) is 1. The minimum atomic E-state index is -0.476. The van der Waals surface area contributed by atoms with Gasteiger partial charge in [-0.15, -0.1) is 11.8 Å². The van der Waals surface area contributed by atoms with E-state index in [1.807, 2.05) is 70.2 Å². The number of halogens is 1. The highest BCUT2D eigenvalue weighted by Gasteiger charge is 2.30. The van der Waals surface area contributed by atoms with E-state index in [1.54, 1.807) is 16.7 Å². The molecule has 0 aromatic heterocycles. The van der Waals surface area contributed by atoms with Crippen LogP contribution in [-0.2, 0) is 16.0 Å². The Balaban J connectivity index is 2.07. The van der Waals surface area contributed by atoms with Gasteiger partial charge in [-0.1, -0.05) is 48.9 Å². The zero-order chi connectivity index (χ0) is 22.9. The summed E-state index contributed by atoms with van der Waals surface area (Å²) in [6.07, 6.45) is 1.67. The fourth-order valence-corrected chi connectivity index (χ4v) is 4.25. The molecule has 0 heterocycles. The number of nitrogens with zero attached hydrogens (tertiary/aromatic N) is 1. The van der Waals surface area contributed by atoms with Gasteiger partial charge < -0.3 is 10.2 Å². The molecule has 2 rings (SSSR count). The number of benzene rings is 2. The molecule has 1 unspecified atom stereocenters. The van der Waals surface area contributed by atoms with Crippen LogP contribution in [0.3, 0.4) is 0 Å². The van der Waals surface area contributed by atoms with Gasteiger partial charge in [0, 0.05) is 34.2 Å². The number of rotatable bonds is 10. The lowest BCUT2D eigenvalue weighted by atomic mass is 10.1. The maximum absolute atomic E-state index is 13.2. The predicted octanol–water partition coefficient (Wildman–Crippen LogP) is 5.59. The minimum absolute atomic E-state index is 0.00769. The molecule has 0 spiro atoms. The summed E-state index contributed by atoms with van der Waals surface area (Å²) < 4.78 is 0. The second-order valence-corrected chi connectivity index (χ2v) is 10.1. The third-order valence-corrected chi connectivity index (χ3v) is 6.03. The Labute approximate surface area is 195 Å². The number of thioether (sulfide) groups is 1. The Morgan fingerprint density at radius 3 is 2.29 bits per heavy atom. The molecule has 0 aliphatic heterocycles. The first-order chi connectivity index (χ1) is 14.7. The summed E-state index contributed by atoms with van der Waals surface area (Å²) >= 11 is 7.56. The van der Waals surface area contributed by atoms with Gasteiger partial charge in [0.25, 0.3) is 0 Å². The molecule has 0 aliphatic carbocycles. The molecule has 2 aromatic rings. The van der Waals surface area contributed by atoms with Crippen LogP contribution in [0.4, 0.5) is 0 Å². The van der Waals surface area contributed by atoms with E-state index in [2.05, 4.69) is 17.4 Å². The third-order valence-electron chi connectivity index (χ3n) is 4.77. The molecular formula is C25H33ClN2O2S. The Kier molecular flexibility index (Phi) is 9.92. The first-order valence-corrected chi connectivity index (χ1v) is 12.1. The Bertz CT molecular complexity index is 835. The van der Waals surface area contributed by atoms with Gasteiger partial charge in [-0.3, -0.25) is 9.59 Å². The fraction of sp³-hybridized carbons (Fsp3) is 0.440. The molecule has 0 fully saturated rings. The quantitative estimate of drug-likeness (QED) is 0.470. The molecule has 0 aliphatic rings. The van der Waals surface area contributed by atoms with E-state index in [-0.39, 0.29) is 17.4 Å². The van der Waals surface area contributed by atoms with Crippen LogP contribution in [0, 0.1) is 0 Å². The first-order valence-electron chi connectivity index (χ1n) is 10.7. The highest BCUT2D eigenvalue weighted by Crippen LogP contribution is 2.22. The molecule has 4 nitrogen and oxygen atoms in total. The second-order valence-electron chi connectivity index (χ2n) is 8.54. The molecule has 0 bridgehead atoms. The summed E-state index contributed by atoms with van der Waals surface area (Å²) in [5.41, 5.74) is 0.810. The molecule has 0 saturated carbocycles. The number of amides is 2. The summed E-state index contributed by atoms with van der Waals surface area (Å²) in [7, 11) is 0. The van der Waals surface area contributed by atoms with E-state index in [9.17, 15) is 9.59 Å². The lowest BCUT2D eigenvalue weighted by Crippen LogP contribution is -2.54. The van der Waals surface area contributed by atoms with E-state index in [1.165, 1.54) is 0 Å². The number of hydrogen-bond acceptors (Lipinski definition) is 3. The molecule has 2 aromatic carbocycles. The van der Waals surface area contributed by atoms with E-state index in [0.29, 0.717) is 30.2 Å². The van der Waals surface area contributed by atoms with Crippen LogP contribution in [0.1, 0.15) is 46.1 Å². The molecule has 2 amide bonds. The van der Waals surface area contributed by atoms with Crippen LogP contribution in [0.5, 0.6) is 0 Å². The largest absolute Gasteiger partial charge is 0.350 e. The standard InChI is InChI=1S/C25H33ClN2O2S/c1-5-22(24(30)27-25(2,3)4)28(17-15-19-9-7-6-8-10-19)23(29)16-18-31-21-13-11-20(26)12-14-21/h6-14,22H,5,15-18H2,1-4H3,(H,27,30). The topological polar surface area (TPSA) is 49.4 Å². The van der Waals surface area contributed by atoms with Gasteiger partial charge in [0.15, 0.2) is 0 Å². The third kappa shape index (κ3) is 8.96. The van der Waals surface area contributed by atoms with Crippen LogP contribution < -0.4 is 5.32 Å². The van der Waals surface area contributed by atoms with Gasteiger partial charge in [-0.25, -0.2) is 0 Å². The van der Waals surface area contributed by atoms with Crippen LogP contribution >= 0.6 is 23.4 Å². The van der Waals surface area contributed by atoms with Crippen molar-refractivity contribution < 1.29 is 9.59 Å². The molecule has 0 saturated heterocycles. The summed E-state index contributed by atoms with van der Waals surface area (Å²) in [6, 6.07) is 17.2. The first kappa shape index (κ1) is 25.3. The van der Waals surface area contributed by atoms with Crippen molar-refractivity contribution in [1.82, 2.24) is 10.2 Å². The summed E-state index contributed by atoms with van der Waals surface area (Å²) in [5.74, 6) is 0.565. The number of carbonyl (C=O) groups excluding carboxylic acids is 2. The fourth-order valence-electron chi connectivity index (χ4n) is 3.28. The molecular weight excluding hydrogens is 428 g/mol. The van der Waals surface area contributed by atoms with Crippen molar-refractivity contribution in [1.29, 1.82) is 0 Å². The normalized spacial score (nSPS) is 12.3. The zero-order valence-corrected chi connectivity index (χ0v) is 20.4. The van der Waals surface area contributed by atoms with Gasteiger partial charge in [0.1, 0.15) is 6.04 Å². The number of carbonyl (C=O) groups is 2. The molecule has 1 atom stereocenters. The van der Waals surface area contributed by atoms with E-state index < -0.39 is 6.04 Å². The zero-order valence-electron chi connectivity index (χ0n) is 18.9. The second kappa shape index (κ2) is 12.2. The van der Waals surface area contributed by atoms with E-state index in [0.717, 1.165) is 16.9 Å². The minimum Gasteiger partial charge on any atom is -0.350 e. The SMILES string of the molecule is CCC(C(=O)NC(C)(C)C)N(CCc1ccccc1)C(=O)CCSc1ccc(Cl)cc1. The lowest BCUT2D eigenvalue weighted by Gasteiger charge is -2.33. The van der Waals surface area contributed by atoms with Crippen molar-refractivity contribution in [2.75, 3.05) is 12.3 Å². The Morgan fingerprint density at radius 2 is 1.71 bits per heavy atom. The maximum atomic E-state index is 13.2. The average molecular weight is 461 g/mol. The van der Waals surface area contributed by atoms with Crippen molar-refractivity contribution in [3.05, 3.63) is 65.2 Å². The summed E-state index contributed by atoms with van der Waals surface area (Å²) in [6.45, 7) is 8.34. The number of nitrogens with one attached hydrogen (secondary N) is 1. The van der Waals surface area contributed by atoms with Crippen LogP contribution in [0.25, 0.3) is 0 Å². The molecule has 0 radical (unpaired) electrons. The molecule has 1 N–H and O–H groups in total. The smallest absolute Gasteiger partial charge is 0.243 e. The maximum Gasteiger partial charge on any atom is 0.243 e. The highest BCUT2D eigenvalue weighted by atomic mass is 35.5. The molecule has 31 heavy (non-hydrogen) atoms. The average Bonchev–Trinajstić information content (AvgIpc) is 2.71. The van der Waals surface area contributed by atoms with Gasteiger partial charge in [0.05, 0.1) is 0 Å². The van der Waals surface area contributed by atoms with Crippen molar-refractivity contribution in [3.63, 3.8) is 0 Å². The Morgan fingerprint density at radius 1 is 1.06 bits per heavy atom. The highest BCUT2D eigenvalue weighted by molar-refractivity contribution is 7.99. The van der Waals surface area contributed by atoms with Crippen molar-refractivity contribution in [3.8, 4) is 0 Å². The van der Waals surface area contributed by atoms with Gasteiger partial charge >= 0.3 is 0 Å². The van der Waals surface area contributed by atoms with Gasteiger partial charge in [0.2, 0.25) is 11.8 Å². The molecule has 168 valence electrons. The van der Waals surface area contributed by atoms with Gasteiger partial charge in [-0.2, -0.15) is 0 Å². The summed E-state index contributed by atoms with van der Waals surface area (Å²) in [5, 5.41) is 3.74. The van der Waals surface area contributed by atoms with Crippen LogP contribution in [0.2, 0.25) is 5.02 Å². The predicted molar refractivity (Wildman–Crippen MR) is 131 cm³/mol. The monoisotopic (exact) mass is 460 g/mol. The Hall–Kier alpha value is -1.98. The van der Waals surface area contributed by atoms with Gasteiger partial charge in [-0.05, 0) is 63.4 Å².